The topological polar surface area (TPSA) is 40.5 Å². The van der Waals surface area contributed by atoms with Gasteiger partial charge in [0.15, 0.2) is 0 Å². The van der Waals surface area contributed by atoms with Crippen LogP contribution in [0.15, 0.2) is 0 Å². The van der Waals surface area contributed by atoms with Crippen LogP contribution in [0, 0.1) is 5.92 Å². The summed E-state index contributed by atoms with van der Waals surface area (Å²) in [4.78, 5) is 13.3. The van der Waals surface area contributed by atoms with Crippen LogP contribution < -0.4 is 0 Å². The molecule has 1 aliphatic heterocycles. The first-order chi connectivity index (χ1) is 6.66. The minimum absolute atomic E-state index is 0.182. The molecule has 1 rings (SSSR count). The Bertz CT molecular complexity index is 194. The number of nitrogens with zero attached hydrogens (tertiary/aromatic N) is 1. The van der Waals surface area contributed by atoms with E-state index in [4.69, 9.17) is 5.11 Å². The molecule has 3 nitrogen and oxygen atoms in total. The molecule has 3 heteroatoms. The Morgan fingerprint density at radius 2 is 2.21 bits per heavy atom. The molecule has 2 unspecified atom stereocenters. The summed E-state index contributed by atoms with van der Waals surface area (Å²) in [5, 5.41) is 9.11. The summed E-state index contributed by atoms with van der Waals surface area (Å²) in [7, 11) is 2.06. The van der Waals surface area contributed by atoms with E-state index in [0.29, 0.717) is 0 Å². The van der Waals surface area contributed by atoms with Crippen LogP contribution in [0.1, 0.15) is 39.0 Å². The van der Waals surface area contributed by atoms with E-state index in [2.05, 4.69) is 11.9 Å². The lowest BCUT2D eigenvalue weighted by Gasteiger charge is -2.30. The first-order valence-corrected chi connectivity index (χ1v) is 5.59. The number of aliphatic carboxylic acids is 1. The van der Waals surface area contributed by atoms with Crippen LogP contribution in [0.2, 0.25) is 0 Å². The van der Waals surface area contributed by atoms with E-state index in [1.165, 1.54) is 19.3 Å². The normalized spacial score (nSPS) is 26.9. The minimum atomic E-state index is -0.633. The van der Waals surface area contributed by atoms with Gasteiger partial charge in [-0.05, 0) is 32.9 Å². The molecule has 0 radical (unpaired) electrons. The number of carboxylic acid groups (broad SMARTS) is 1. The Balaban J connectivity index is 2.65. The van der Waals surface area contributed by atoms with E-state index < -0.39 is 5.97 Å². The van der Waals surface area contributed by atoms with Crippen molar-refractivity contribution < 1.29 is 9.90 Å². The highest BCUT2D eigenvalue weighted by molar-refractivity contribution is 5.70. The fourth-order valence-corrected chi connectivity index (χ4v) is 2.40. The van der Waals surface area contributed by atoms with Gasteiger partial charge in [-0.1, -0.05) is 19.8 Å². The monoisotopic (exact) mass is 199 g/mol. The van der Waals surface area contributed by atoms with Crippen molar-refractivity contribution in [2.24, 2.45) is 5.92 Å². The quantitative estimate of drug-likeness (QED) is 0.755. The lowest BCUT2D eigenvalue weighted by Crippen LogP contribution is -2.40. The number of carboxylic acids is 1. The molecule has 0 aromatic heterocycles. The summed E-state index contributed by atoms with van der Waals surface area (Å²) in [6, 6.07) is 0.250. The van der Waals surface area contributed by atoms with Gasteiger partial charge in [-0.15, -0.1) is 0 Å². The average Bonchev–Trinajstić information content (AvgIpc) is 2.33. The lowest BCUT2D eigenvalue weighted by molar-refractivity contribution is -0.144. The van der Waals surface area contributed by atoms with Crippen LogP contribution in [-0.2, 0) is 4.79 Å². The Morgan fingerprint density at radius 1 is 1.50 bits per heavy atom. The SMILES string of the molecule is CCC(C(=O)O)C1CCCCCN1C. The molecule has 0 aliphatic carbocycles. The zero-order valence-corrected chi connectivity index (χ0v) is 9.20. The van der Waals surface area contributed by atoms with Gasteiger partial charge in [-0.25, -0.2) is 0 Å². The Kier molecular flexibility index (Phi) is 4.39. The van der Waals surface area contributed by atoms with Gasteiger partial charge in [-0.3, -0.25) is 4.79 Å². The number of carbonyl (C=O) groups is 1. The van der Waals surface area contributed by atoms with Crippen LogP contribution >= 0.6 is 0 Å². The molecule has 82 valence electrons. The van der Waals surface area contributed by atoms with Crippen LogP contribution in [0.5, 0.6) is 0 Å². The second kappa shape index (κ2) is 5.35. The third-order valence-corrected chi connectivity index (χ3v) is 3.30. The summed E-state index contributed by atoms with van der Waals surface area (Å²) in [6.45, 7) is 3.02. The maximum atomic E-state index is 11.1. The van der Waals surface area contributed by atoms with Gasteiger partial charge in [0.25, 0.3) is 0 Å². The first kappa shape index (κ1) is 11.5. The van der Waals surface area contributed by atoms with E-state index in [1.54, 1.807) is 0 Å². The van der Waals surface area contributed by atoms with Gasteiger partial charge >= 0.3 is 5.97 Å². The number of likely N-dealkylation sites (tertiary alicyclic amines) is 1. The fourth-order valence-electron chi connectivity index (χ4n) is 2.40. The Labute approximate surface area is 86.1 Å². The molecule has 1 aliphatic rings. The van der Waals surface area contributed by atoms with E-state index in [0.717, 1.165) is 19.4 Å². The largest absolute Gasteiger partial charge is 0.481 e. The van der Waals surface area contributed by atoms with Crippen molar-refractivity contribution >= 4 is 5.97 Å². The van der Waals surface area contributed by atoms with Crippen molar-refractivity contribution in [1.29, 1.82) is 0 Å². The Morgan fingerprint density at radius 3 is 2.79 bits per heavy atom. The second-order valence-corrected chi connectivity index (χ2v) is 4.25. The van der Waals surface area contributed by atoms with E-state index in [1.807, 2.05) is 6.92 Å². The maximum Gasteiger partial charge on any atom is 0.308 e. The Hall–Kier alpha value is -0.570. The lowest BCUT2D eigenvalue weighted by atomic mass is 9.92. The van der Waals surface area contributed by atoms with Crippen LogP contribution in [0.25, 0.3) is 0 Å². The maximum absolute atomic E-state index is 11.1. The standard InChI is InChI=1S/C11H21NO2/c1-3-9(11(13)14)10-7-5-4-6-8-12(10)2/h9-10H,3-8H2,1-2H3,(H,13,14). The van der Waals surface area contributed by atoms with Crippen LogP contribution in [0.4, 0.5) is 0 Å². The van der Waals surface area contributed by atoms with Gasteiger partial charge in [0, 0.05) is 6.04 Å². The van der Waals surface area contributed by atoms with Crippen molar-refractivity contribution in [3.63, 3.8) is 0 Å². The molecular formula is C11H21NO2. The molecule has 1 fully saturated rings. The van der Waals surface area contributed by atoms with Crippen molar-refractivity contribution in [3.05, 3.63) is 0 Å². The molecule has 0 aromatic rings. The highest BCUT2D eigenvalue weighted by Gasteiger charge is 2.30. The predicted molar refractivity (Wildman–Crippen MR) is 56.3 cm³/mol. The summed E-state index contributed by atoms with van der Waals surface area (Å²) < 4.78 is 0. The minimum Gasteiger partial charge on any atom is -0.481 e. The molecule has 0 aromatic carbocycles. The smallest absolute Gasteiger partial charge is 0.308 e. The first-order valence-electron chi connectivity index (χ1n) is 5.59. The predicted octanol–water partition coefficient (Wildman–Crippen LogP) is 1.97. The zero-order valence-electron chi connectivity index (χ0n) is 9.20. The molecule has 1 N–H and O–H groups in total. The summed E-state index contributed by atoms with van der Waals surface area (Å²) in [5.41, 5.74) is 0. The fraction of sp³-hybridized carbons (Fsp3) is 0.909. The van der Waals surface area contributed by atoms with Crippen molar-refractivity contribution in [1.82, 2.24) is 4.90 Å². The summed E-state index contributed by atoms with van der Waals surface area (Å²) >= 11 is 0. The molecule has 14 heavy (non-hydrogen) atoms. The molecular weight excluding hydrogens is 178 g/mol. The van der Waals surface area contributed by atoms with Crippen molar-refractivity contribution in [2.75, 3.05) is 13.6 Å². The van der Waals surface area contributed by atoms with Gasteiger partial charge in [0.05, 0.1) is 5.92 Å². The summed E-state index contributed by atoms with van der Waals surface area (Å²) in [6.07, 6.45) is 5.42. The van der Waals surface area contributed by atoms with Crippen molar-refractivity contribution in [2.45, 2.75) is 45.1 Å². The third kappa shape index (κ3) is 2.71. The van der Waals surface area contributed by atoms with E-state index in [-0.39, 0.29) is 12.0 Å². The van der Waals surface area contributed by atoms with E-state index >= 15 is 0 Å². The van der Waals surface area contributed by atoms with Gasteiger partial charge in [0.1, 0.15) is 0 Å². The molecule has 0 amide bonds. The molecule has 0 saturated carbocycles. The number of hydrogen-bond donors (Lipinski definition) is 1. The van der Waals surface area contributed by atoms with Gasteiger partial charge in [0.2, 0.25) is 0 Å². The molecule has 0 spiro atoms. The number of rotatable bonds is 3. The second-order valence-electron chi connectivity index (χ2n) is 4.25. The highest BCUT2D eigenvalue weighted by atomic mass is 16.4. The van der Waals surface area contributed by atoms with E-state index in [9.17, 15) is 4.79 Å². The molecule has 2 atom stereocenters. The average molecular weight is 199 g/mol. The zero-order chi connectivity index (χ0) is 10.6. The van der Waals surface area contributed by atoms with Gasteiger partial charge < -0.3 is 10.0 Å². The van der Waals surface area contributed by atoms with Crippen LogP contribution in [0.3, 0.4) is 0 Å². The third-order valence-electron chi connectivity index (χ3n) is 3.30. The highest BCUT2D eigenvalue weighted by Crippen LogP contribution is 2.23. The molecule has 0 bridgehead atoms. The summed E-state index contributed by atoms with van der Waals surface area (Å²) in [5.74, 6) is -0.815. The van der Waals surface area contributed by atoms with Crippen LogP contribution in [-0.4, -0.2) is 35.6 Å². The van der Waals surface area contributed by atoms with Crippen molar-refractivity contribution in [3.8, 4) is 0 Å². The molecule has 1 saturated heterocycles. The number of hydrogen-bond acceptors (Lipinski definition) is 2. The van der Waals surface area contributed by atoms with Gasteiger partial charge in [-0.2, -0.15) is 0 Å². The molecule has 1 heterocycles.